The summed E-state index contributed by atoms with van der Waals surface area (Å²) in [4.78, 5) is 51.4. The third-order valence-corrected chi connectivity index (χ3v) is 7.12. The zero-order chi connectivity index (χ0) is 32.6. The topological polar surface area (TPSA) is 92.7 Å². The number of carbonyl (C=O) groups excluding carboxylic acids is 3. The van der Waals surface area contributed by atoms with Gasteiger partial charge in [0.05, 0.1) is 23.9 Å². The van der Waals surface area contributed by atoms with Crippen molar-refractivity contribution in [2.75, 3.05) is 26.7 Å². The molecule has 8 nitrogen and oxygen atoms in total. The first kappa shape index (κ1) is 32.4. The summed E-state index contributed by atoms with van der Waals surface area (Å²) in [5.41, 5.74) is -3.48. The van der Waals surface area contributed by atoms with Crippen molar-refractivity contribution in [1.29, 1.82) is 0 Å². The molecule has 0 aliphatic carbocycles. The van der Waals surface area contributed by atoms with Gasteiger partial charge < -0.3 is 14.5 Å². The van der Waals surface area contributed by atoms with Crippen molar-refractivity contribution < 1.29 is 45.5 Å². The normalized spacial score (nSPS) is 15.8. The van der Waals surface area contributed by atoms with Crippen LogP contribution in [0.1, 0.15) is 74.7 Å². The summed E-state index contributed by atoms with van der Waals surface area (Å²) >= 11 is 0. The smallest absolute Gasteiger partial charge is 0.416 e. The molecule has 2 aromatic carbocycles. The largest absolute Gasteiger partial charge is 0.465 e. The Morgan fingerprint density at radius 3 is 1.98 bits per heavy atom. The molecule has 1 aliphatic rings. The van der Waals surface area contributed by atoms with E-state index in [9.17, 15) is 40.7 Å². The van der Waals surface area contributed by atoms with E-state index in [1.54, 1.807) is 44.2 Å². The van der Waals surface area contributed by atoms with Crippen LogP contribution in [0, 0.1) is 0 Å². The Bertz CT molecular complexity index is 1540. The Morgan fingerprint density at radius 1 is 0.886 bits per heavy atom. The van der Waals surface area contributed by atoms with Gasteiger partial charge in [-0.05, 0) is 31.0 Å². The molecule has 1 aliphatic heterocycles. The van der Waals surface area contributed by atoms with E-state index in [4.69, 9.17) is 4.74 Å². The summed E-state index contributed by atoms with van der Waals surface area (Å²) in [5.74, 6) is -2.68. The molecule has 0 spiro atoms. The highest BCUT2D eigenvalue weighted by atomic mass is 19.4. The summed E-state index contributed by atoms with van der Waals surface area (Å²) in [6.07, 6.45) is -10.2. The van der Waals surface area contributed by atoms with Crippen LogP contribution < -0.4 is 0 Å². The predicted octanol–water partition coefficient (Wildman–Crippen LogP) is 6.08. The number of rotatable bonds is 5. The molecular formula is C30H28F6N4O4. The average molecular weight is 623 g/mol. The summed E-state index contributed by atoms with van der Waals surface area (Å²) in [7, 11) is 1.15. The van der Waals surface area contributed by atoms with Crippen molar-refractivity contribution in [2.45, 2.75) is 45.1 Å². The summed E-state index contributed by atoms with van der Waals surface area (Å²) < 4.78 is 85.2. The maximum absolute atomic E-state index is 13.9. The number of halogens is 6. The number of piperazine rings is 1. The highest BCUT2D eigenvalue weighted by molar-refractivity contribution is 6.05. The molecule has 44 heavy (non-hydrogen) atoms. The van der Waals surface area contributed by atoms with E-state index in [1.165, 1.54) is 11.8 Å². The van der Waals surface area contributed by atoms with Gasteiger partial charge in [0.15, 0.2) is 5.82 Å². The quantitative estimate of drug-likeness (QED) is 0.253. The Kier molecular flexibility index (Phi) is 9.03. The monoisotopic (exact) mass is 622 g/mol. The Labute approximate surface area is 248 Å². The average Bonchev–Trinajstić information content (AvgIpc) is 2.98. The van der Waals surface area contributed by atoms with Crippen LogP contribution in [-0.2, 0) is 17.1 Å². The molecule has 0 radical (unpaired) electrons. The van der Waals surface area contributed by atoms with Gasteiger partial charge >= 0.3 is 18.3 Å². The second kappa shape index (κ2) is 12.2. The molecule has 234 valence electrons. The number of esters is 1. The highest BCUT2D eigenvalue weighted by Gasteiger charge is 2.39. The molecule has 1 saturated heterocycles. The fraction of sp³-hybridized carbons (Fsp3) is 0.367. The van der Waals surface area contributed by atoms with Gasteiger partial charge in [0.25, 0.3) is 11.8 Å². The van der Waals surface area contributed by atoms with Gasteiger partial charge in [0.2, 0.25) is 0 Å². The van der Waals surface area contributed by atoms with E-state index >= 15 is 0 Å². The summed E-state index contributed by atoms with van der Waals surface area (Å²) in [6.45, 7) is 4.58. The first-order chi connectivity index (χ1) is 20.5. The lowest BCUT2D eigenvalue weighted by atomic mass is 10.00. The van der Waals surface area contributed by atoms with Gasteiger partial charge in [0.1, 0.15) is 11.3 Å². The molecule has 1 fully saturated rings. The third-order valence-electron chi connectivity index (χ3n) is 7.12. The van der Waals surface area contributed by atoms with Crippen LogP contribution in [0.15, 0.2) is 48.5 Å². The fourth-order valence-electron chi connectivity index (χ4n) is 4.91. The third kappa shape index (κ3) is 6.68. The Hall–Kier alpha value is -4.49. The molecule has 3 aromatic rings. The molecule has 4 rings (SSSR count). The van der Waals surface area contributed by atoms with Gasteiger partial charge in [0, 0.05) is 36.8 Å². The van der Waals surface area contributed by atoms with Crippen molar-refractivity contribution in [1.82, 2.24) is 19.8 Å². The van der Waals surface area contributed by atoms with E-state index in [1.807, 2.05) is 0 Å². The van der Waals surface area contributed by atoms with Gasteiger partial charge in [-0.25, -0.2) is 14.8 Å². The van der Waals surface area contributed by atoms with Crippen LogP contribution >= 0.6 is 0 Å². The number of amides is 2. The zero-order valence-electron chi connectivity index (χ0n) is 24.1. The predicted molar refractivity (Wildman–Crippen MR) is 146 cm³/mol. The number of nitrogens with zero attached hydrogens (tertiary/aromatic N) is 4. The van der Waals surface area contributed by atoms with E-state index in [0.29, 0.717) is 17.7 Å². The number of hydrogen-bond acceptors (Lipinski definition) is 6. The van der Waals surface area contributed by atoms with E-state index in [2.05, 4.69) is 9.97 Å². The first-order valence-corrected chi connectivity index (χ1v) is 13.5. The molecule has 14 heteroatoms. The number of ether oxygens (including phenoxy) is 1. The standard InChI is InChI=1S/C30H28F6N4O4/c1-16(2)23-22(28(43)44-4)24(38-25(37-23)18-8-6-5-7-9-18)27(42)39-10-11-40(17(3)15-39)26(41)19-12-20(29(31,32)33)14-21(13-19)30(34,35)36/h5-9,12-14,16-17H,10-11,15H2,1-4H3. The van der Waals surface area contributed by atoms with E-state index < -0.39 is 52.9 Å². The molecule has 2 amide bonds. The van der Waals surface area contributed by atoms with Crippen LogP contribution in [0.5, 0.6) is 0 Å². The van der Waals surface area contributed by atoms with Crippen molar-refractivity contribution in [3.8, 4) is 11.4 Å². The van der Waals surface area contributed by atoms with E-state index in [-0.39, 0.29) is 54.4 Å². The van der Waals surface area contributed by atoms with Crippen molar-refractivity contribution in [2.24, 2.45) is 0 Å². The molecule has 0 N–H and O–H groups in total. The van der Waals surface area contributed by atoms with Crippen LogP contribution in [0.4, 0.5) is 26.3 Å². The van der Waals surface area contributed by atoms with Crippen LogP contribution in [0.3, 0.4) is 0 Å². The van der Waals surface area contributed by atoms with E-state index in [0.717, 1.165) is 12.0 Å². The van der Waals surface area contributed by atoms with Crippen molar-refractivity contribution in [3.63, 3.8) is 0 Å². The van der Waals surface area contributed by atoms with Crippen molar-refractivity contribution >= 4 is 17.8 Å². The van der Waals surface area contributed by atoms with Crippen LogP contribution in [0.25, 0.3) is 11.4 Å². The lowest BCUT2D eigenvalue weighted by Gasteiger charge is -2.40. The maximum atomic E-state index is 13.9. The molecule has 1 unspecified atom stereocenters. The van der Waals surface area contributed by atoms with Gasteiger partial charge in [-0.15, -0.1) is 0 Å². The molecule has 1 atom stereocenters. The second-order valence-electron chi connectivity index (χ2n) is 10.6. The number of alkyl halides is 6. The lowest BCUT2D eigenvalue weighted by Crippen LogP contribution is -2.55. The maximum Gasteiger partial charge on any atom is 0.416 e. The lowest BCUT2D eigenvalue weighted by molar-refractivity contribution is -0.143. The van der Waals surface area contributed by atoms with Crippen LogP contribution in [-0.4, -0.2) is 70.3 Å². The number of carbonyl (C=O) groups is 3. The Morgan fingerprint density at radius 2 is 1.48 bits per heavy atom. The molecule has 0 bridgehead atoms. The molecule has 2 heterocycles. The fourth-order valence-corrected chi connectivity index (χ4v) is 4.91. The number of benzene rings is 2. The zero-order valence-corrected chi connectivity index (χ0v) is 24.1. The number of aromatic nitrogens is 2. The minimum absolute atomic E-state index is 0.0491. The second-order valence-corrected chi connectivity index (χ2v) is 10.6. The molecular weight excluding hydrogens is 594 g/mol. The van der Waals surface area contributed by atoms with Crippen LogP contribution in [0.2, 0.25) is 0 Å². The first-order valence-electron chi connectivity index (χ1n) is 13.5. The van der Waals surface area contributed by atoms with Gasteiger partial charge in [-0.3, -0.25) is 9.59 Å². The molecule has 0 saturated carbocycles. The van der Waals surface area contributed by atoms with Gasteiger partial charge in [-0.2, -0.15) is 26.3 Å². The number of hydrogen-bond donors (Lipinski definition) is 0. The minimum Gasteiger partial charge on any atom is -0.465 e. The SMILES string of the molecule is COC(=O)c1c(C(=O)N2CCN(C(=O)c3cc(C(F)(F)F)cc(C(F)(F)F)c3)C(C)C2)nc(-c2ccccc2)nc1C(C)C. The van der Waals surface area contributed by atoms with Crippen molar-refractivity contribution in [3.05, 3.63) is 82.2 Å². The number of methoxy groups -OCH3 is 1. The summed E-state index contributed by atoms with van der Waals surface area (Å²) in [6, 6.07) is 8.65. The Balaban J connectivity index is 1.67. The van der Waals surface area contributed by atoms with Gasteiger partial charge in [-0.1, -0.05) is 44.2 Å². The molecule has 1 aromatic heterocycles. The minimum atomic E-state index is -5.12. The summed E-state index contributed by atoms with van der Waals surface area (Å²) in [5, 5.41) is 0. The highest BCUT2D eigenvalue weighted by Crippen LogP contribution is 2.37.